The molecule has 0 heterocycles. The summed E-state index contributed by atoms with van der Waals surface area (Å²) in [6, 6.07) is 16.3. The number of amides is 1. The second-order valence-electron chi connectivity index (χ2n) is 6.88. The average Bonchev–Trinajstić information content (AvgIpc) is 2.70. The van der Waals surface area contributed by atoms with E-state index >= 15 is 0 Å². The largest absolute Gasteiger partial charge is 0.481 e. The lowest BCUT2D eigenvalue weighted by molar-refractivity contribution is -0.136. The summed E-state index contributed by atoms with van der Waals surface area (Å²) < 4.78 is 0. The van der Waals surface area contributed by atoms with Gasteiger partial charge in [0.2, 0.25) is 5.91 Å². The van der Waals surface area contributed by atoms with Crippen molar-refractivity contribution >= 4 is 23.9 Å². The van der Waals surface area contributed by atoms with Crippen LogP contribution in [-0.4, -0.2) is 29.3 Å². The second kappa shape index (κ2) is 14.1. The Morgan fingerprint density at radius 1 is 1.03 bits per heavy atom. The maximum atomic E-state index is 10.6. The van der Waals surface area contributed by atoms with Gasteiger partial charge in [-0.05, 0) is 42.7 Å². The van der Waals surface area contributed by atoms with Gasteiger partial charge in [0, 0.05) is 24.2 Å². The Balaban J connectivity index is 0.000000225. The van der Waals surface area contributed by atoms with Crippen LogP contribution in [-0.2, 0) is 16.0 Å². The number of carboxylic acid groups (broad SMARTS) is 1. The van der Waals surface area contributed by atoms with Crippen LogP contribution in [0.5, 0.6) is 0 Å². The number of aliphatic carboxylic acids is 1. The molecule has 0 unspecified atom stereocenters. The molecule has 1 amide bonds. The van der Waals surface area contributed by atoms with Crippen LogP contribution in [0.25, 0.3) is 0 Å². The van der Waals surface area contributed by atoms with Gasteiger partial charge in [-0.1, -0.05) is 49.6 Å². The van der Waals surface area contributed by atoms with Crippen molar-refractivity contribution in [1.82, 2.24) is 0 Å². The minimum absolute atomic E-state index is 0.112. The summed E-state index contributed by atoms with van der Waals surface area (Å²) in [5.41, 5.74) is 7.78. The van der Waals surface area contributed by atoms with E-state index in [-0.39, 0.29) is 12.3 Å². The van der Waals surface area contributed by atoms with Crippen LogP contribution in [0.2, 0.25) is 0 Å². The SMILES string of the molecule is CC(=O)Nc1ccc(C=O)cc1.NC1CCCCC1.O=C(O)Cc1ccccc1. The summed E-state index contributed by atoms with van der Waals surface area (Å²) in [7, 11) is 0. The molecule has 2 aromatic rings. The van der Waals surface area contributed by atoms with Gasteiger partial charge in [0.25, 0.3) is 0 Å². The van der Waals surface area contributed by atoms with Gasteiger partial charge in [-0.2, -0.15) is 0 Å². The highest BCUT2D eigenvalue weighted by Crippen LogP contribution is 2.14. The molecule has 6 heteroatoms. The highest BCUT2D eigenvalue weighted by Gasteiger charge is 2.06. The fourth-order valence-electron chi connectivity index (χ4n) is 2.75. The molecule has 2 aromatic carbocycles. The quantitative estimate of drug-likeness (QED) is 0.673. The fraction of sp³-hybridized carbons (Fsp3) is 0.348. The lowest BCUT2D eigenvalue weighted by atomic mass is 9.97. The molecular formula is C23H30N2O4. The minimum atomic E-state index is -0.786. The number of carbonyl (C=O) groups is 3. The number of rotatable bonds is 4. The summed E-state index contributed by atoms with van der Waals surface area (Å²) in [5.74, 6) is -0.903. The van der Waals surface area contributed by atoms with E-state index in [4.69, 9.17) is 10.8 Å². The smallest absolute Gasteiger partial charge is 0.307 e. The van der Waals surface area contributed by atoms with E-state index in [2.05, 4.69) is 5.32 Å². The molecule has 0 aliphatic heterocycles. The molecule has 3 rings (SSSR count). The molecule has 0 bridgehead atoms. The molecule has 1 aliphatic rings. The summed E-state index contributed by atoms with van der Waals surface area (Å²) in [6.45, 7) is 1.44. The summed E-state index contributed by atoms with van der Waals surface area (Å²) >= 11 is 0. The molecule has 1 aliphatic carbocycles. The monoisotopic (exact) mass is 398 g/mol. The molecule has 4 N–H and O–H groups in total. The number of anilines is 1. The highest BCUT2D eigenvalue weighted by molar-refractivity contribution is 5.89. The molecule has 29 heavy (non-hydrogen) atoms. The summed E-state index contributed by atoms with van der Waals surface area (Å²) in [5, 5.41) is 11.0. The van der Waals surface area contributed by atoms with Crippen molar-refractivity contribution < 1.29 is 19.5 Å². The molecule has 0 aromatic heterocycles. The maximum absolute atomic E-state index is 10.6. The Morgan fingerprint density at radius 2 is 1.62 bits per heavy atom. The number of aldehydes is 1. The molecule has 0 saturated heterocycles. The summed E-state index contributed by atoms with van der Waals surface area (Å²) in [6.07, 6.45) is 7.54. The van der Waals surface area contributed by atoms with E-state index in [0.29, 0.717) is 17.3 Å². The number of hydrogen-bond donors (Lipinski definition) is 3. The van der Waals surface area contributed by atoms with Crippen molar-refractivity contribution in [2.24, 2.45) is 5.73 Å². The molecule has 0 atom stereocenters. The molecule has 1 fully saturated rings. The lowest BCUT2D eigenvalue weighted by Gasteiger charge is -2.15. The molecule has 6 nitrogen and oxygen atoms in total. The number of benzene rings is 2. The van der Waals surface area contributed by atoms with Crippen LogP contribution in [0.15, 0.2) is 54.6 Å². The first-order valence-corrected chi connectivity index (χ1v) is 9.75. The molecular weight excluding hydrogens is 368 g/mol. The van der Waals surface area contributed by atoms with Gasteiger partial charge < -0.3 is 16.2 Å². The first-order valence-electron chi connectivity index (χ1n) is 9.75. The molecule has 0 spiro atoms. The Hall–Kier alpha value is -2.99. The second-order valence-corrected chi connectivity index (χ2v) is 6.88. The minimum Gasteiger partial charge on any atom is -0.481 e. The Kier molecular flexibility index (Phi) is 11.7. The third-order valence-corrected chi connectivity index (χ3v) is 4.22. The van der Waals surface area contributed by atoms with Crippen LogP contribution in [0.3, 0.4) is 0 Å². The maximum Gasteiger partial charge on any atom is 0.307 e. The van der Waals surface area contributed by atoms with Crippen molar-refractivity contribution in [3.63, 3.8) is 0 Å². The first-order chi connectivity index (χ1) is 13.9. The third kappa shape index (κ3) is 12.2. The number of carboxylic acids is 1. The molecule has 156 valence electrons. The van der Waals surface area contributed by atoms with Crippen molar-refractivity contribution in [3.8, 4) is 0 Å². The predicted molar refractivity (Wildman–Crippen MR) is 115 cm³/mol. The standard InChI is InChI=1S/C9H9NO2.C8H8O2.C6H13N/c1-7(12)10-9-4-2-8(6-11)3-5-9;9-8(10)6-7-4-2-1-3-5-7;7-6-4-2-1-3-5-6/h2-6H,1H3,(H,10,12);1-5H,6H2,(H,9,10);6H,1-5,7H2. The number of nitrogens with one attached hydrogen (secondary N) is 1. The van der Waals surface area contributed by atoms with Gasteiger partial charge in [-0.25, -0.2) is 0 Å². The zero-order valence-corrected chi connectivity index (χ0v) is 16.8. The van der Waals surface area contributed by atoms with E-state index in [1.807, 2.05) is 18.2 Å². The fourth-order valence-corrected chi connectivity index (χ4v) is 2.75. The van der Waals surface area contributed by atoms with Gasteiger partial charge in [0.15, 0.2) is 0 Å². The van der Waals surface area contributed by atoms with Crippen molar-refractivity contribution in [1.29, 1.82) is 0 Å². The zero-order valence-electron chi connectivity index (χ0n) is 16.8. The highest BCUT2D eigenvalue weighted by atomic mass is 16.4. The Labute approximate surface area is 172 Å². The van der Waals surface area contributed by atoms with Gasteiger partial charge in [0.1, 0.15) is 6.29 Å². The van der Waals surface area contributed by atoms with E-state index in [0.717, 1.165) is 11.8 Å². The van der Waals surface area contributed by atoms with Gasteiger partial charge >= 0.3 is 5.97 Å². The van der Waals surface area contributed by atoms with Gasteiger partial charge in [-0.15, -0.1) is 0 Å². The van der Waals surface area contributed by atoms with Crippen molar-refractivity contribution in [3.05, 3.63) is 65.7 Å². The summed E-state index contributed by atoms with van der Waals surface area (Å²) in [4.78, 5) is 31.0. The third-order valence-electron chi connectivity index (χ3n) is 4.22. The number of hydrogen-bond acceptors (Lipinski definition) is 4. The van der Waals surface area contributed by atoms with Gasteiger partial charge in [-0.3, -0.25) is 14.4 Å². The number of nitrogens with two attached hydrogens (primary N) is 1. The van der Waals surface area contributed by atoms with E-state index in [1.54, 1.807) is 36.4 Å². The molecule has 0 radical (unpaired) electrons. The normalized spacial score (nSPS) is 13.0. The Bertz CT molecular complexity index is 739. The van der Waals surface area contributed by atoms with Crippen molar-refractivity contribution in [2.45, 2.75) is 51.5 Å². The van der Waals surface area contributed by atoms with E-state index in [1.165, 1.54) is 39.0 Å². The Morgan fingerprint density at radius 3 is 2.03 bits per heavy atom. The zero-order chi connectivity index (χ0) is 21.5. The average molecular weight is 399 g/mol. The van der Waals surface area contributed by atoms with Crippen LogP contribution in [0, 0.1) is 0 Å². The van der Waals surface area contributed by atoms with Crippen LogP contribution < -0.4 is 11.1 Å². The van der Waals surface area contributed by atoms with E-state index in [9.17, 15) is 14.4 Å². The van der Waals surface area contributed by atoms with Crippen LogP contribution >= 0.6 is 0 Å². The van der Waals surface area contributed by atoms with Crippen LogP contribution in [0.4, 0.5) is 5.69 Å². The van der Waals surface area contributed by atoms with E-state index < -0.39 is 5.97 Å². The topological polar surface area (TPSA) is 109 Å². The van der Waals surface area contributed by atoms with Gasteiger partial charge in [0.05, 0.1) is 6.42 Å². The number of carbonyl (C=O) groups excluding carboxylic acids is 2. The first kappa shape index (κ1) is 24.0. The predicted octanol–water partition coefficient (Wildman–Crippen LogP) is 4.05. The van der Waals surface area contributed by atoms with Crippen LogP contribution in [0.1, 0.15) is 54.9 Å². The molecule has 1 saturated carbocycles. The van der Waals surface area contributed by atoms with Crippen molar-refractivity contribution in [2.75, 3.05) is 5.32 Å². The lowest BCUT2D eigenvalue weighted by Crippen LogP contribution is -2.22.